The Labute approximate surface area is 76.3 Å². The molecule has 7 nitrogen and oxygen atoms in total. The molecule has 0 heterocycles. The third-order valence-corrected chi connectivity index (χ3v) is 0.881. The van der Waals surface area contributed by atoms with Crippen molar-refractivity contribution in [3.8, 4) is 0 Å². The third-order valence-electron chi connectivity index (χ3n) is 0.881. The van der Waals surface area contributed by atoms with Gasteiger partial charge in [0.05, 0.1) is 6.26 Å². The van der Waals surface area contributed by atoms with E-state index in [0.29, 0.717) is 6.26 Å². The summed E-state index contributed by atoms with van der Waals surface area (Å²) in [6.07, 6.45) is 0.715. The molecule has 0 aliphatic rings. The SMILES string of the molecule is CC(C)(CO)[N+](=O)[O-].CS(=O)(=O)O. The number of aliphatic hydroxyl groups excluding tert-OH is 1. The van der Waals surface area contributed by atoms with Crippen LogP contribution in [0.1, 0.15) is 13.8 Å². The van der Waals surface area contributed by atoms with Crippen molar-refractivity contribution in [3.05, 3.63) is 10.1 Å². The predicted octanol–water partition coefficient (Wildman–Crippen LogP) is -0.462. The number of rotatable bonds is 2. The Bertz CT molecular complexity index is 248. The summed E-state index contributed by atoms with van der Waals surface area (Å²) in [6, 6.07) is 0. The largest absolute Gasteiger partial charge is 0.389 e. The van der Waals surface area contributed by atoms with Crippen molar-refractivity contribution in [1.82, 2.24) is 0 Å². The highest BCUT2D eigenvalue weighted by atomic mass is 32.2. The lowest BCUT2D eigenvalue weighted by atomic mass is 10.1. The van der Waals surface area contributed by atoms with Gasteiger partial charge in [-0.3, -0.25) is 14.7 Å². The van der Waals surface area contributed by atoms with Crippen LogP contribution < -0.4 is 0 Å². The van der Waals surface area contributed by atoms with E-state index in [0.717, 1.165) is 0 Å². The molecule has 0 unspecified atom stereocenters. The Morgan fingerprint density at radius 2 is 1.69 bits per heavy atom. The minimum absolute atomic E-state index is 0.417. The third kappa shape index (κ3) is 14.2. The van der Waals surface area contributed by atoms with Gasteiger partial charge in [-0.1, -0.05) is 0 Å². The molecule has 8 heteroatoms. The van der Waals surface area contributed by atoms with Gasteiger partial charge in [0.2, 0.25) is 5.54 Å². The first-order valence-corrected chi connectivity index (χ1v) is 5.03. The topological polar surface area (TPSA) is 118 Å². The second-order valence-electron chi connectivity index (χ2n) is 2.96. The van der Waals surface area contributed by atoms with Crippen LogP contribution in [0.5, 0.6) is 0 Å². The van der Waals surface area contributed by atoms with Crippen LogP contribution in [0.3, 0.4) is 0 Å². The van der Waals surface area contributed by atoms with Gasteiger partial charge in [0.25, 0.3) is 10.1 Å². The van der Waals surface area contributed by atoms with Crippen LogP contribution in [0.2, 0.25) is 0 Å². The Morgan fingerprint density at radius 3 is 1.69 bits per heavy atom. The molecule has 0 aliphatic heterocycles. The fraction of sp³-hybridized carbons (Fsp3) is 1.00. The maximum atomic E-state index is 9.90. The molecule has 0 aromatic carbocycles. The van der Waals surface area contributed by atoms with Gasteiger partial charge in [0, 0.05) is 18.8 Å². The Morgan fingerprint density at radius 1 is 1.46 bits per heavy atom. The quantitative estimate of drug-likeness (QED) is 0.365. The van der Waals surface area contributed by atoms with Gasteiger partial charge < -0.3 is 5.11 Å². The van der Waals surface area contributed by atoms with Gasteiger partial charge in [-0.15, -0.1) is 0 Å². The van der Waals surface area contributed by atoms with Crippen molar-refractivity contribution in [3.63, 3.8) is 0 Å². The second kappa shape index (κ2) is 5.10. The number of nitrogens with zero attached hydrogens (tertiary/aromatic N) is 1. The summed E-state index contributed by atoms with van der Waals surface area (Å²) >= 11 is 0. The highest BCUT2D eigenvalue weighted by Gasteiger charge is 2.28. The Balaban J connectivity index is 0. The van der Waals surface area contributed by atoms with Crippen LogP contribution in [0.4, 0.5) is 0 Å². The molecule has 13 heavy (non-hydrogen) atoms. The molecular weight excluding hydrogens is 202 g/mol. The summed E-state index contributed by atoms with van der Waals surface area (Å²) in [5.74, 6) is 0. The monoisotopic (exact) mass is 215 g/mol. The molecule has 2 N–H and O–H groups in total. The average Bonchev–Trinajstić information content (AvgIpc) is 1.83. The minimum Gasteiger partial charge on any atom is -0.389 e. The molecule has 0 amide bonds. The smallest absolute Gasteiger partial charge is 0.261 e. The predicted molar refractivity (Wildman–Crippen MR) is 45.6 cm³/mol. The highest BCUT2D eigenvalue weighted by Crippen LogP contribution is 2.03. The van der Waals surface area contributed by atoms with Crippen molar-refractivity contribution in [2.24, 2.45) is 0 Å². The van der Waals surface area contributed by atoms with E-state index in [-0.39, 0.29) is 0 Å². The lowest BCUT2D eigenvalue weighted by molar-refractivity contribution is -0.563. The van der Waals surface area contributed by atoms with E-state index in [2.05, 4.69) is 0 Å². The van der Waals surface area contributed by atoms with E-state index >= 15 is 0 Å². The first kappa shape index (κ1) is 14.8. The average molecular weight is 215 g/mol. The molecule has 0 atom stereocenters. The molecule has 0 radical (unpaired) electrons. The number of hydrogen-bond acceptors (Lipinski definition) is 5. The maximum Gasteiger partial charge on any atom is 0.261 e. The molecule has 0 saturated carbocycles. The van der Waals surface area contributed by atoms with Crippen LogP contribution in [0, 0.1) is 10.1 Å². The van der Waals surface area contributed by atoms with Crippen molar-refractivity contribution in [2.75, 3.05) is 12.9 Å². The van der Waals surface area contributed by atoms with Gasteiger partial charge in [-0.25, -0.2) is 0 Å². The summed E-state index contributed by atoms with van der Waals surface area (Å²) in [7, 11) is -3.67. The molecule has 0 saturated heterocycles. The highest BCUT2D eigenvalue weighted by molar-refractivity contribution is 7.85. The lowest BCUT2D eigenvalue weighted by Crippen LogP contribution is -2.34. The lowest BCUT2D eigenvalue weighted by Gasteiger charge is -2.09. The van der Waals surface area contributed by atoms with E-state index in [1.54, 1.807) is 0 Å². The summed E-state index contributed by atoms with van der Waals surface area (Å²) in [6.45, 7) is 2.32. The summed E-state index contributed by atoms with van der Waals surface area (Å²) < 4.78 is 25.9. The van der Waals surface area contributed by atoms with Crippen LogP contribution in [0.15, 0.2) is 0 Å². The molecule has 0 aromatic heterocycles. The van der Waals surface area contributed by atoms with Crippen molar-refractivity contribution in [1.29, 1.82) is 0 Å². The summed E-state index contributed by atoms with van der Waals surface area (Å²) in [5.41, 5.74) is -1.18. The van der Waals surface area contributed by atoms with Gasteiger partial charge >= 0.3 is 0 Å². The van der Waals surface area contributed by atoms with Crippen molar-refractivity contribution in [2.45, 2.75) is 19.4 Å². The van der Waals surface area contributed by atoms with E-state index in [1.165, 1.54) is 13.8 Å². The van der Waals surface area contributed by atoms with Crippen LogP contribution >= 0.6 is 0 Å². The molecule has 0 bridgehead atoms. The zero-order valence-electron chi connectivity index (χ0n) is 7.59. The van der Waals surface area contributed by atoms with Crippen molar-refractivity contribution < 1.29 is 23.0 Å². The standard InChI is InChI=1S/C4H9NO3.CH4O3S/c1-4(2,3-6)5(7)8;1-5(2,3)4/h6H,3H2,1-2H3;1H3,(H,2,3,4). The van der Waals surface area contributed by atoms with Crippen LogP contribution in [-0.2, 0) is 10.1 Å². The molecule has 80 valence electrons. The van der Waals surface area contributed by atoms with Gasteiger partial charge in [-0.2, -0.15) is 8.42 Å². The number of hydrogen-bond donors (Lipinski definition) is 2. The zero-order valence-corrected chi connectivity index (χ0v) is 8.41. The van der Waals surface area contributed by atoms with E-state index in [9.17, 15) is 18.5 Å². The minimum atomic E-state index is -3.67. The zero-order chi connectivity index (χ0) is 11.3. The first-order chi connectivity index (χ1) is 5.50. The molecule has 0 fully saturated rings. The fourth-order valence-corrected chi connectivity index (χ4v) is 0.0577. The summed E-state index contributed by atoms with van der Waals surface area (Å²) in [5, 5.41) is 18.2. The van der Waals surface area contributed by atoms with Gasteiger partial charge in [-0.05, 0) is 0 Å². The first-order valence-electron chi connectivity index (χ1n) is 3.18. The summed E-state index contributed by atoms with van der Waals surface area (Å²) in [4.78, 5) is 9.39. The fourth-order valence-electron chi connectivity index (χ4n) is 0.0577. The van der Waals surface area contributed by atoms with Gasteiger partial charge in [0.1, 0.15) is 6.61 Å². The van der Waals surface area contributed by atoms with E-state index in [1.807, 2.05) is 0 Å². The Hall–Kier alpha value is -0.730. The molecular formula is C5H13NO6S. The van der Waals surface area contributed by atoms with Gasteiger partial charge in [0.15, 0.2) is 0 Å². The van der Waals surface area contributed by atoms with Crippen LogP contribution in [0.25, 0.3) is 0 Å². The molecule has 0 aliphatic carbocycles. The van der Waals surface area contributed by atoms with E-state index in [4.69, 9.17) is 9.66 Å². The van der Waals surface area contributed by atoms with E-state index < -0.39 is 27.2 Å². The molecule has 0 aromatic rings. The maximum absolute atomic E-state index is 9.90. The number of nitro groups is 1. The Kier molecular flexibility index (Phi) is 5.79. The molecule has 0 spiro atoms. The van der Waals surface area contributed by atoms with Crippen molar-refractivity contribution >= 4 is 10.1 Å². The second-order valence-corrected chi connectivity index (χ2v) is 4.43. The van der Waals surface area contributed by atoms with Crippen LogP contribution in [-0.4, -0.2) is 41.4 Å². The normalized spacial score (nSPS) is 11.5. The number of aliphatic hydroxyl groups is 1. The molecule has 0 rings (SSSR count).